The molecule has 31 heavy (non-hydrogen) atoms. The number of carbonyl (C=O) groups excluding carboxylic acids is 2. The molecule has 1 saturated heterocycles. The van der Waals surface area contributed by atoms with Gasteiger partial charge in [0.15, 0.2) is 0 Å². The molecule has 0 aliphatic carbocycles. The van der Waals surface area contributed by atoms with E-state index in [2.05, 4.69) is 4.98 Å². The number of hydrogen-bond acceptors (Lipinski definition) is 4. The van der Waals surface area contributed by atoms with E-state index in [0.29, 0.717) is 16.1 Å². The molecule has 1 unspecified atom stereocenters. The number of nitrogens with zero attached hydrogens (tertiary/aromatic N) is 2. The predicted molar refractivity (Wildman–Crippen MR) is 119 cm³/mol. The van der Waals surface area contributed by atoms with E-state index in [1.807, 2.05) is 32.0 Å². The number of rotatable bonds is 4. The third kappa shape index (κ3) is 3.97. The molecule has 1 aliphatic rings. The Labute approximate surface area is 185 Å². The molecule has 3 aromatic rings. The summed E-state index contributed by atoms with van der Waals surface area (Å²) in [6.07, 6.45) is 3.24. The Morgan fingerprint density at radius 1 is 1.10 bits per heavy atom. The lowest BCUT2D eigenvalue weighted by atomic mass is 9.96. The van der Waals surface area contributed by atoms with Crippen molar-refractivity contribution in [1.29, 1.82) is 0 Å². The standard InChI is InChI=1S/C25H21ClN2O3/c1-15-5-6-16(2)19(12-15)14-28-22(18-4-3-11-27-13-18)21(24(30)25(28)31)23(29)17-7-9-20(26)10-8-17/h3-13,22,29H,14H2,1-2H3/b23-21+. The molecular formula is C25H21ClN2O3. The summed E-state index contributed by atoms with van der Waals surface area (Å²) in [5.41, 5.74) is 4.16. The summed E-state index contributed by atoms with van der Waals surface area (Å²) in [5.74, 6) is -1.59. The molecule has 0 spiro atoms. The van der Waals surface area contributed by atoms with Crippen LogP contribution in [0.3, 0.4) is 0 Å². The van der Waals surface area contributed by atoms with Gasteiger partial charge in [0, 0.05) is 29.5 Å². The fourth-order valence-electron chi connectivity index (χ4n) is 3.84. The first-order chi connectivity index (χ1) is 14.9. The number of carbonyl (C=O) groups is 2. The van der Waals surface area contributed by atoms with Crippen molar-refractivity contribution < 1.29 is 14.7 Å². The average Bonchev–Trinajstić information content (AvgIpc) is 3.02. The summed E-state index contributed by atoms with van der Waals surface area (Å²) in [5, 5.41) is 11.5. The molecule has 1 amide bonds. The van der Waals surface area contributed by atoms with E-state index in [9.17, 15) is 14.7 Å². The van der Waals surface area contributed by atoms with E-state index in [1.54, 1.807) is 48.8 Å². The summed E-state index contributed by atoms with van der Waals surface area (Å²) < 4.78 is 0. The molecular weight excluding hydrogens is 412 g/mol. The van der Waals surface area contributed by atoms with Crippen LogP contribution in [0.25, 0.3) is 5.76 Å². The Morgan fingerprint density at radius 2 is 1.84 bits per heavy atom. The summed E-state index contributed by atoms with van der Waals surface area (Å²) in [6.45, 7) is 4.20. The van der Waals surface area contributed by atoms with E-state index in [1.165, 1.54) is 4.90 Å². The van der Waals surface area contributed by atoms with Gasteiger partial charge in [-0.15, -0.1) is 0 Å². The molecule has 4 rings (SSSR count). The Balaban J connectivity index is 1.86. The number of amides is 1. The number of aliphatic hydroxyl groups excluding tert-OH is 1. The molecule has 1 N–H and O–H groups in total. The van der Waals surface area contributed by atoms with E-state index in [0.717, 1.165) is 16.7 Å². The minimum absolute atomic E-state index is 0.0469. The van der Waals surface area contributed by atoms with Crippen molar-refractivity contribution >= 4 is 29.1 Å². The van der Waals surface area contributed by atoms with Gasteiger partial charge in [-0.1, -0.05) is 41.4 Å². The lowest BCUT2D eigenvalue weighted by Gasteiger charge is -2.26. The summed E-state index contributed by atoms with van der Waals surface area (Å²) in [6, 6.07) is 15.3. The first kappa shape index (κ1) is 20.8. The van der Waals surface area contributed by atoms with Gasteiger partial charge in [-0.3, -0.25) is 14.6 Å². The number of pyridine rings is 1. The molecule has 2 heterocycles. The Morgan fingerprint density at radius 3 is 2.52 bits per heavy atom. The minimum Gasteiger partial charge on any atom is -0.507 e. The lowest BCUT2D eigenvalue weighted by molar-refractivity contribution is -0.140. The van der Waals surface area contributed by atoms with Gasteiger partial charge in [0.1, 0.15) is 5.76 Å². The Kier molecular flexibility index (Phi) is 5.61. The maximum Gasteiger partial charge on any atom is 0.295 e. The Hall–Kier alpha value is -3.44. The highest BCUT2D eigenvalue weighted by atomic mass is 35.5. The fourth-order valence-corrected chi connectivity index (χ4v) is 3.97. The number of likely N-dealkylation sites (tertiary alicyclic amines) is 1. The first-order valence-corrected chi connectivity index (χ1v) is 10.2. The van der Waals surface area contributed by atoms with Gasteiger partial charge in [0.25, 0.3) is 11.7 Å². The van der Waals surface area contributed by atoms with Crippen LogP contribution < -0.4 is 0 Å². The second-order valence-corrected chi connectivity index (χ2v) is 8.09. The number of Topliss-reactive ketones (excluding diaryl/α,β-unsaturated/α-hetero) is 1. The van der Waals surface area contributed by atoms with Crippen molar-refractivity contribution in [2.45, 2.75) is 26.4 Å². The molecule has 1 aliphatic heterocycles. The van der Waals surface area contributed by atoms with Crippen molar-refractivity contribution in [3.8, 4) is 0 Å². The average molecular weight is 433 g/mol. The molecule has 5 nitrogen and oxygen atoms in total. The predicted octanol–water partition coefficient (Wildman–Crippen LogP) is 4.97. The normalized spacial score (nSPS) is 17.9. The van der Waals surface area contributed by atoms with Crippen LogP contribution >= 0.6 is 11.6 Å². The van der Waals surface area contributed by atoms with Gasteiger partial charge in [0.05, 0.1) is 11.6 Å². The van der Waals surface area contributed by atoms with E-state index >= 15 is 0 Å². The van der Waals surface area contributed by atoms with Crippen LogP contribution in [0, 0.1) is 13.8 Å². The number of aliphatic hydroxyl groups is 1. The first-order valence-electron chi connectivity index (χ1n) is 9.87. The number of aryl methyl sites for hydroxylation is 2. The molecule has 1 fully saturated rings. The molecule has 1 atom stereocenters. The zero-order valence-corrected chi connectivity index (χ0v) is 17.9. The number of aromatic nitrogens is 1. The maximum absolute atomic E-state index is 13.1. The summed E-state index contributed by atoms with van der Waals surface area (Å²) >= 11 is 5.96. The number of ketones is 1. The maximum atomic E-state index is 13.1. The third-order valence-electron chi connectivity index (χ3n) is 5.50. The van der Waals surface area contributed by atoms with Crippen LogP contribution in [-0.2, 0) is 16.1 Å². The van der Waals surface area contributed by atoms with E-state index < -0.39 is 17.7 Å². The van der Waals surface area contributed by atoms with Crippen LogP contribution in [0.2, 0.25) is 5.02 Å². The van der Waals surface area contributed by atoms with E-state index in [4.69, 9.17) is 11.6 Å². The largest absolute Gasteiger partial charge is 0.507 e. The molecule has 2 aromatic carbocycles. The molecule has 0 saturated carbocycles. The van der Waals surface area contributed by atoms with Crippen molar-refractivity contribution in [3.05, 3.63) is 105 Å². The molecule has 6 heteroatoms. The molecule has 0 bridgehead atoms. The zero-order valence-electron chi connectivity index (χ0n) is 17.2. The van der Waals surface area contributed by atoms with Crippen LogP contribution in [0.15, 0.2) is 72.6 Å². The number of benzene rings is 2. The van der Waals surface area contributed by atoms with Crippen molar-refractivity contribution in [2.24, 2.45) is 0 Å². The molecule has 0 radical (unpaired) electrons. The highest BCUT2D eigenvalue weighted by Gasteiger charge is 2.46. The van der Waals surface area contributed by atoms with Gasteiger partial charge in [-0.05, 0) is 60.9 Å². The van der Waals surface area contributed by atoms with Gasteiger partial charge in [-0.2, -0.15) is 0 Å². The quantitative estimate of drug-likeness (QED) is 0.359. The molecule has 1 aromatic heterocycles. The van der Waals surface area contributed by atoms with E-state index in [-0.39, 0.29) is 17.9 Å². The van der Waals surface area contributed by atoms with Gasteiger partial charge in [0.2, 0.25) is 0 Å². The minimum atomic E-state index is -0.746. The topological polar surface area (TPSA) is 70.5 Å². The fraction of sp³-hybridized carbons (Fsp3) is 0.160. The lowest BCUT2D eigenvalue weighted by Crippen LogP contribution is -2.29. The molecule has 156 valence electrons. The third-order valence-corrected chi connectivity index (χ3v) is 5.76. The zero-order chi connectivity index (χ0) is 22.1. The summed E-state index contributed by atoms with van der Waals surface area (Å²) in [4.78, 5) is 31.8. The SMILES string of the molecule is Cc1ccc(C)c(CN2C(=O)C(=O)/C(=C(/O)c3ccc(Cl)cc3)C2c2cccnc2)c1. The van der Waals surface area contributed by atoms with Crippen molar-refractivity contribution in [1.82, 2.24) is 9.88 Å². The number of halogens is 1. The highest BCUT2D eigenvalue weighted by molar-refractivity contribution is 6.46. The second kappa shape index (κ2) is 8.36. The second-order valence-electron chi connectivity index (χ2n) is 7.65. The number of hydrogen-bond donors (Lipinski definition) is 1. The summed E-state index contributed by atoms with van der Waals surface area (Å²) in [7, 11) is 0. The van der Waals surface area contributed by atoms with Crippen molar-refractivity contribution in [2.75, 3.05) is 0 Å². The Bertz CT molecular complexity index is 1190. The van der Waals surface area contributed by atoms with Crippen LogP contribution in [0.1, 0.15) is 33.9 Å². The van der Waals surface area contributed by atoms with Gasteiger partial charge < -0.3 is 10.0 Å². The van der Waals surface area contributed by atoms with Crippen LogP contribution in [-0.4, -0.2) is 26.7 Å². The van der Waals surface area contributed by atoms with Crippen LogP contribution in [0.4, 0.5) is 0 Å². The highest BCUT2D eigenvalue weighted by Crippen LogP contribution is 2.40. The van der Waals surface area contributed by atoms with Crippen LogP contribution in [0.5, 0.6) is 0 Å². The van der Waals surface area contributed by atoms with Gasteiger partial charge in [-0.25, -0.2) is 0 Å². The van der Waals surface area contributed by atoms with Gasteiger partial charge >= 0.3 is 0 Å². The monoisotopic (exact) mass is 432 g/mol. The smallest absolute Gasteiger partial charge is 0.295 e. The van der Waals surface area contributed by atoms with Crippen molar-refractivity contribution in [3.63, 3.8) is 0 Å².